The SMILES string of the molecule is CC(C)N1CC2CC(C1)C2NC(=O)OC(C)(C)C. The number of hydrogen-bond acceptors (Lipinski definition) is 3. The molecule has 2 heterocycles. The van der Waals surface area contributed by atoms with Gasteiger partial charge >= 0.3 is 6.09 Å². The van der Waals surface area contributed by atoms with E-state index in [1.807, 2.05) is 20.8 Å². The summed E-state index contributed by atoms with van der Waals surface area (Å²) in [6, 6.07) is 0.938. The lowest BCUT2D eigenvalue weighted by Gasteiger charge is -2.54. The lowest BCUT2D eigenvalue weighted by molar-refractivity contribution is -0.0331. The smallest absolute Gasteiger partial charge is 0.407 e. The molecule has 0 aromatic heterocycles. The first-order valence-corrected chi connectivity index (χ1v) is 7.00. The second kappa shape index (κ2) is 4.72. The zero-order valence-corrected chi connectivity index (χ0v) is 12.2. The van der Waals surface area contributed by atoms with E-state index in [0.717, 1.165) is 13.1 Å². The number of alkyl carbamates (subject to hydrolysis) is 1. The standard InChI is InChI=1S/C14H26N2O2/c1-9(2)16-7-10-6-11(8-16)12(10)15-13(17)18-14(3,4)5/h9-12H,6-8H2,1-5H3,(H,15,17). The Morgan fingerprint density at radius 2 is 1.83 bits per heavy atom. The summed E-state index contributed by atoms with van der Waals surface area (Å²) in [4.78, 5) is 14.3. The van der Waals surface area contributed by atoms with Crippen LogP contribution >= 0.6 is 0 Å². The fourth-order valence-electron chi connectivity index (χ4n) is 3.03. The highest BCUT2D eigenvalue weighted by molar-refractivity contribution is 5.68. The number of nitrogens with one attached hydrogen (secondary N) is 1. The van der Waals surface area contributed by atoms with Crippen molar-refractivity contribution in [3.8, 4) is 0 Å². The highest BCUT2D eigenvalue weighted by Crippen LogP contribution is 2.40. The molecule has 18 heavy (non-hydrogen) atoms. The Labute approximate surface area is 110 Å². The number of hydrogen-bond donors (Lipinski definition) is 1. The highest BCUT2D eigenvalue weighted by Gasteiger charge is 2.48. The molecule has 2 bridgehead atoms. The molecule has 2 atom stereocenters. The molecule has 3 aliphatic rings. The molecule has 4 heteroatoms. The summed E-state index contributed by atoms with van der Waals surface area (Å²) in [5.74, 6) is 1.22. The number of amides is 1. The molecule has 104 valence electrons. The van der Waals surface area contributed by atoms with E-state index in [2.05, 4.69) is 24.1 Å². The molecular weight excluding hydrogens is 228 g/mol. The second-order valence-corrected chi connectivity index (χ2v) is 6.98. The third-order valence-electron chi connectivity index (χ3n) is 3.97. The van der Waals surface area contributed by atoms with Crippen molar-refractivity contribution in [2.75, 3.05) is 13.1 Å². The van der Waals surface area contributed by atoms with Gasteiger partial charge in [-0.1, -0.05) is 0 Å². The van der Waals surface area contributed by atoms with Crippen LogP contribution in [-0.4, -0.2) is 41.8 Å². The van der Waals surface area contributed by atoms with Crippen molar-refractivity contribution >= 4 is 6.09 Å². The van der Waals surface area contributed by atoms with Crippen molar-refractivity contribution in [1.82, 2.24) is 10.2 Å². The molecule has 2 aliphatic heterocycles. The van der Waals surface area contributed by atoms with Gasteiger partial charge in [-0.15, -0.1) is 0 Å². The molecule has 1 N–H and O–H groups in total. The summed E-state index contributed by atoms with van der Waals surface area (Å²) in [6.45, 7) is 12.4. The molecule has 0 radical (unpaired) electrons. The van der Waals surface area contributed by atoms with Crippen LogP contribution in [0.15, 0.2) is 0 Å². The number of ether oxygens (including phenoxy) is 1. The van der Waals surface area contributed by atoms with Crippen molar-refractivity contribution in [1.29, 1.82) is 0 Å². The second-order valence-electron chi connectivity index (χ2n) is 6.98. The lowest BCUT2D eigenvalue weighted by Crippen LogP contribution is -2.65. The van der Waals surface area contributed by atoms with Gasteiger partial charge in [-0.05, 0) is 52.9 Å². The Morgan fingerprint density at radius 1 is 1.28 bits per heavy atom. The first-order chi connectivity index (χ1) is 8.26. The van der Waals surface area contributed by atoms with E-state index in [0.29, 0.717) is 23.9 Å². The summed E-state index contributed by atoms with van der Waals surface area (Å²) >= 11 is 0. The molecular formula is C14H26N2O2. The number of carbonyl (C=O) groups is 1. The number of nitrogens with zero attached hydrogens (tertiary/aromatic N) is 1. The number of carbonyl (C=O) groups excluding carboxylic acids is 1. The predicted molar refractivity (Wildman–Crippen MR) is 71.5 cm³/mol. The lowest BCUT2D eigenvalue weighted by atomic mass is 9.66. The molecule has 3 fully saturated rings. The fourth-order valence-corrected chi connectivity index (χ4v) is 3.03. The normalized spacial score (nSPS) is 32.0. The van der Waals surface area contributed by atoms with Gasteiger partial charge in [0, 0.05) is 25.2 Å². The third-order valence-corrected chi connectivity index (χ3v) is 3.97. The maximum Gasteiger partial charge on any atom is 0.407 e. The van der Waals surface area contributed by atoms with E-state index in [-0.39, 0.29) is 6.09 Å². The Bertz CT molecular complexity index is 310. The van der Waals surface area contributed by atoms with Crippen LogP contribution in [0.25, 0.3) is 0 Å². The number of rotatable bonds is 2. The van der Waals surface area contributed by atoms with E-state index in [1.165, 1.54) is 6.42 Å². The maximum absolute atomic E-state index is 11.8. The van der Waals surface area contributed by atoms with E-state index in [4.69, 9.17) is 4.74 Å². The van der Waals surface area contributed by atoms with Gasteiger partial charge in [-0.3, -0.25) is 0 Å². The van der Waals surface area contributed by atoms with Crippen molar-refractivity contribution in [2.45, 2.75) is 58.7 Å². The highest BCUT2D eigenvalue weighted by atomic mass is 16.6. The van der Waals surface area contributed by atoms with Crippen LogP contribution in [0, 0.1) is 11.8 Å². The average Bonchev–Trinajstić information content (AvgIpc) is 2.23. The zero-order valence-electron chi connectivity index (χ0n) is 12.2. The average molecular weight is 254 g/mol. The first kappa shape index (κ1) is 13.7. The van der Waals surface area contributed by atoms with Gasteiger partial charge in [0.2, 0.25) is 0 Å². The number of piperidine rings is 2. The minimum absolute atomic E-state index is 0.264. The van der Waals surface area contributed by atoms with Crippen LogP contribution < -0.4 is 5.32 Å². The zero-order chi connectivity index (χ0) is 13.5. The van der Waals surface area contributed by atoms with E-state index in [9.17, 15) is 4.79 Å². The Hall–Kier alpha value is -0.770. The van der Waals surface area contributed by atoms with Crippen molar-refractivity contribution in [3.05, 3.63) is 0 Å². The topological polar surface area (TPSA) is 41.6 Å². The Kier molecular flexibility index (Phi) is 3.58. The fraction of sp³-hybridized carbons (Fsp3) is 0.929. The molecule has 2 unspecified atom stereocenters. The third kappa shape index (κ3) is 2.97. The molecule has 4 nitrogen and oxygen atoms in total. The summed E-state index contributed by atoms with van der Waals surface area (Å²) in [7, 11) is 0. The summed E-state index contributed by atoms with van der Waals surface area (Å²) in [5.41, 5.74) is -0.410. The number of fused-ring (bicyclic) bond motifs is 2. The van der Waals surface area contributed by atoms with Gasteiger partial charge < -0.3 is 15.0 Å². The van der Waals surface area contributed by atoms with Crippen LogP contribution in [-0.2, 0) is 4.74 Å². The molecule has 2 saturated heterocycles. The predicted octanol–water partition coefficient (Wildman–Crippen LogP) is 2.24. The summed E-state index contributed by atoms with van der Waals surface area (Å²) in [6.07, 6.45) is 0.990. The molecule has 1 aliphatic carbocycles. The van der Waals surface area contributed by atoms with E-state index >= 15 is 0 Å². The van der Waals surface area contributed by atoms with Gasteiger partial charge in [0.1, 0.15) is 5.60 Å². The largest absolute Gasteiger partial charge is 0.444 e. The van der Waals surface area contributed by atoms with Crippen LogP contribution in [0.3, 0.4) is 0 Å². The molecule has 3 rings (SSSR count). The van der Waals surface area contributed by atoms with Gasteiger partial charge in [0.15, 0.2) is 0 Å². The van der Waals surface area contributed by atoms with Crippen LogP contribution in [0.1, 0.15) is 41.0 Å². The van der Waals surface area contributed by atoms with Gasteiger partial charge in [-0.2, -0.15) is 0 Å². The van der Waals surface area contributed by atoms with E-state index < -0.39 is 5.60 Å². The minimum atomic E-state index is -0.410. The minimum Gasteiger partial charge on any atom is -0.444 e. The Balaban J connectivity index is 1.82. The van der Waals surface area contributed by atoms with Crippen LogP contribution in [0.4, 0.5) is 4.79 Å². The summed E-state index contributed by atoms with van der Waals surface area (Å²) in [5, 5.41) is 3.05. The van der Waals surface area contributed by atoms with Crippen LogP contribution in [0.2, 0.25) is 0 Å². The van der Waals surface area contributed by atoms with Gasteiger partial charge in [-0.25, -0.2) is 4.79 Å². The molecule has 0 aromatic rings. The summed E-state index contributed by atoms with van der Waals surface area (Å²) < 4.78 is 5.32. The van der Waals surface area contributed by atoms with Gasteiger partial charge in [0.05, 0.1) is 0 Å². The first-order valence-electron chi connectivity index (χ1n) is 7.00. The Morgan fingerprint density at radius 3 is 2.28 bits per heavy atom. The van der Waals surface area contributed by atoms with Crippen LogP contribution in [0.5, 0.6) is 0 Å². The molecule has 1 amide bonds. The van der Waals surface area contributed by atoms with Gasteiger partial charge in [0.25, 0.3) is 0 Å². The van der Waals surface area contributed by atoms with Crippen molar-refractivity contribution < 1.29 is 9.53 Å². The molecule has 0 spiro atoms. The van der Waals surface area contributed by atoms with E-state index in [1.54, 1.807) is 0 Å². The maximum atomic E-state index is 11.8. The quantitative estimate of drug-likeness (QED) is 0.821. The molecule has 1 saturated carbocycles. The van der Waals surface area contributed by atoms with Crippen molar-refractivity contribution in [3.63, 3.8) is 0 Å². The monoisotopic (exact) mass is 254 g/mol. The molecule has 0 aromatic carbocycles. The van der Waals surface area contributed by atoms with Crippen molar-refractivity contribution in [2.24, 2.45) is 11.8 Å².